The van der Waals surface area contributed by atoms with Gasteiger partial charge in [0.15, 0.2) is 12.0 Å². The Morgan fingerprint density at radius 1 is 1.64 bits per heavy atom. The number of carbonyl (C=O) groups excluding carboxylic acids is 1. The Labute approximate surface area is 80.9 Å². The minimum Gasteiger partial charge on any atom is -0.398 e. The van der Waals surface area contributed by atoms with Crippen LogP contribution in [0.5, 0.6) is 0 Å². The number of hydrogen-bond acceptors (Lipinski definition) is 4. The highest BCUT2D eigenvalue weighted by atomic mass is 16.6. The normalized spacial score (nSPS) is 10.1. The first-order chi connectivity index (χ1) is 6.69. The molecule has 0 atom stereocenters. The molecule has 1 aromatic heterocycles. The molecule has 0 aliphatic carbocycles. The number of aldehydes is 1. The van der Waals surface area contributed by atoms with Gasteiger partial charge in [-0.15, -0.1) is 0 Å². The largest absolute Gasteiger partial charge is 0.433 e. The predicted molar refractivity (Wildman–Crippen MR) is 49.4 cm³/mol. The van der Waals surface area contributed by atoms with Crippen LogP contribution in [-0.2, 0) is 6.42 Å². The second-order valence-corrected chi connectivity index (χ2v) is 2.95. The van der Waals surface area contributed by atoms with Crippen LogP contribution < -0.4 is 0 Å². The molecule has 76 valence electrons. The fourth-order valence-corrected chi connectivity index (χ4v) is 1.18. The Morgan fingerprint density at radius 3 is 2.86 bits per heavy atom. The molecule has 0 radical (unpaired) electrons. The molecule has 0 fully saturated rings. The molecule has 0 saturated carbocycles. The van der Waals surface area contributed by atoms with Crippen molar-refractivity contribution in [3.05, 3.63) is 27.5 Å². The molecule has 5 heteroatoms. The standard InChI is InChI=1S/C9H11NO4/c1-2-3-4-7-5-9(10(12)13)14-8(7)6-11/h5-6H,2-4H2,1H3. The zero-order valence-electron chi connectivity index (χ0n) is 7.86. The number of unbranched alkanes of at least 4 members (excludes halogenated alkanes) is 1. The van der Waals surface area contributed by atoms with E-state index in [4.69, 9.17) is 4.42 Å². The van der Waals surface area contributed by atoms with Gasteiger partial charge in [0.25, 0.3) is 0 Å². The Hall–Kier alpha value is -1.65. The van der Waals surface area contributed by atoms with E-state index < -0.39 is 4.92 Å². The van der Waals surface area contributed by atoms with E-state index in [9.17, 15) is 14.9 Å². The van der Waals surface area contributed by atoms with Crippen molar-refractivity contribution in [2.24, 2.45) is 0 Å². The summed E-state index contributed by atoms with van der Waals surface area (Å²) in [6.45, 7) is 2.01. The molecule has 5 nitrogen and oxygen atoms in total. The number of hydrogen-bond donors (Lipinski definition) is 0. The molecule has 1 heterocycles. The van der Waals surface area contributed by atoms with E-state index in [-0.39, 0.29) is 11.6 Å². The summed E-state index contributed by atoms with van der Waals surface area (Å²) in [5, 5.41) is 10.4. The molecule has 1 aromatic rings. The molecule has 0 unspecified atom stereocenters. The highest BCUT2D eigenvalue weighted by Crippen LogP contribution is 2.21. The summed E-state index contributed by atoms with van der Waals surface area (Å²) in [7, 11) is 0. The van der Waals surface area contributed by atoms with E-state index in [0.29, 0.717) is 18.3 Å². The first-order valence-electron chi connectivity index (χ1n) is 4.41. The second-order valence-electron chi connectivity index (χ2n) is 2.95. The summed E-state index contributed by atoms with van der Waals surface area (Å²) in [6.07, 6.45) is 3.01. The van der Waals surface area contributed by atoms with Crippen LogP contribution in [0.4, 0.5) is 5.88 Å². The lowest BCUT2D eigenvalue weighted by Gasteiger charge is -1.92. The third-order valence-corrected chi connectivity index (χ3v) is 1.92. The zero-order chi connectivity index (χ0) is 10.6. The lowest BCUT2D eigenvalue weighted by atomic mass is 10.1. The van der Waals surface area contributed by atoms with Gasteiger partial charge in [0.05, 0.1) is 6.07 Å². The number of nitrogens with zero attached hydrogens (tertiary/aromatic N) is 1. The summed E-state index contributed by atoms with van der Waals surface area (Å²) in [5.41, 5.74) is 0.619. The molecule has 0 aliphatic heterocycles. The van der Waals surface area contributed by atoms with Gasteiger partial charge in [-0.25, -0.2) is 0 Å². The van der Waals surface area contributed by atoms with Crippen molar-refractivity contribution in [2.45, 2.75) is 26.2 Å². The van der Waals surface area contributed by atoms with Crippen LogP contribution >= 0.6 is 0 Å². The maximum atomic E-state index is 10.5. The average Bonchev–Trinajstić information content (AvgIpc) is 2.57. The summed E-state index contributed by atoms with van der Waals surface area (Å²) in [6, 6.07) is 1.32. The second kappa shape index (κ2) is 4.55. The van der Waals surface area contributed by atoms with E-state index >= 15 is 0 Å². The highest BCUT2D eigenvalue weighted by molar-refractivity contribution is 5.73. The molecule has 0 saturated heterocycles. The number of nitro groups is 1. The van der Waals surface area contributed by atoms with E-state index in [1.54, 1.807) is 0 Å². The van der Waals surface area contributed by atoms with E-state index in [1.165, 1.54) is 6.07 Å². The smallest absolute Gasteiger partial charge is 0.398 e. The van der Waals surface area contributed by atoms with Crippen molar-refractivity contribution in [3.8, 4) is 0 Å². The van der Waals surface area contributed by atoms with Gasteiger partial charge in [-0.2, -0.15) is 0 Å². The van der Waals surface area contributed by atoms with Crippen molar-refractivity contribution in [1.29, 1.82) is 0 Å². The van der Waals surface area contributed by atoms with E-state index in [0.717, 1.165) is 12.8 Å². The number of aryl methyl sites for hydroxylation is 1. The summed E-state index contributed by atoms with van der Waals surface area (Å²) >= 11 is 0. The number of furan rings is 1. The van der Waals surface area contributed by atoms with Crippen LogP contribution in [0.3, 0.4) is 0 Å². The van der Waals surface area contributed by atoms with E-state index in [2.05, 4.69) is 0 Å². The maximum absolute atomic E-state index is 10.5. The van der Waals surface area contributed by atoms with Crippen LogP contribution in [0.2, 0.25) is 0 Å². The first-order valence-corrected chi connectivity index (χ1v) is 4.41. The van der Waals surface area contributed by atoms with E-state index in [1.807, 2.05) is 6.92 Å². The average molecular weight is 197 g/mol. The van der Waals surface area contributed by atoms with Gasteiger partial charge in [0.1, 0.15) is 4.92 Å². The molecule has 0 N–H and O–H groups in total. The molecular weight excluding hydrogens is 186 g/mol. The zero-order valence-corrected chi connectivity index (χ0v) is 7.86. The van der Waals surface area contributed by atoms with Crippen molar-refractivity contribution < 1.29 is 14.1 Å². The molecule has 0 spiro atoms. The SMILES string of the molecule is CCCCc1cc([N+](=O)[O-])oc1C=O. The number of carbonyl (C=O) groups is 1. The quantitative estimate of drug-likeness (QED) is 0.412. The molecule has 0 amide bonds. The van der Waals surface area contributed by atoms with Gasteiger partial charge >= 0.3 is 5.88 Å². The van der Waals surface area contributed by atoms with Crippen molar-refractivity contribution in [1.82, 2.24) is 0 Å². The van der Waals surface area contributed by atoms with Gasteiger partial charge in [0.2, 0.25) is 0 Å². The topological polar surface area (TPSA) is 73.3 Å². The third-order valence-electron chi connectivity index (χ3n) is 1.92. The highest BCUT2D eigenvalue weighted by Gasteiger charge is 2.17. The molecular formula is C9H11NO4. The van der Waals surface area contributed by atoms with Crippen molar-refractivity contribution >= 4 is 12.2 Å². The molecule has 1 rings (SSSR count). The fourth-order valence-electron chi connectivity index (χ4n) is 1.18. The van der Waals surface area contributed by atoms with Crippen LogP contribution in [0, 0.1) is 10.1 Å². The Balaban J connectivity index is 2.90. The van der Waals surface area contributed by atoms with Gasteiger partial charge in [-0.05, 0) is 12.8 Å². The van der Waals surface area contributed by atoms with Gasteiger partial charge in [0, 0.05) is 5.56 Å². The molecule has 0 aromatic carbocycles. The van der Waals surface area contributed by atoms with Gasteiger partial charge in [-0.3, -0.25) is 14.9 Å². The van der Waals surface area contributed by atoms with Crippen molar-refractivity contribution in [3.63, 3.8) is 0 Å². The Kier molecular flexibility index (Phi) is 3.39. The third kappa shape index (κ3) is 2.18. The summed E-state index contributed by atoms with van der Waals surface area (Å²) < 4.78 is 4.76. The molecule has 0 bridgehead atoms. The Bertz CT molecular complexity index is 343. The Morgan fingerprint density at radius 2 is 2.36 bits per heavy atom. The minimum absolute atomic E-state index is 0.0742. The predicted octanol–water partition coefficient (Wildman–Crippen LogP) is 2.34. The molecule has 14 heavy (non-hydrogen) atoms. The van der Waals surface area contributed by atoms with Gasteiger partial charge < -0.3 is 4.42 Å². The van der Waals surface area contributed by atoms with Crippen molar-refractivity contribution in [2.75, 3.05) is 0 Å². The van der Waals surface area contributed by atoms with Crippen LogP contribution in [0.25, 0.3) is 0 Å². The van der Waals surface area contributed by atoms with Crippen LogP contribution in [-0.4, -0.2) is 11.2 Å². The summed E-state index contributed by atoms with van der Waals surface area (Å²) in [4.78, 5) is 20.2. The van der Waals surface area contributed by atoms with Crippen LogP contribution in [0.1, 0.15) is 35.9 Å². The fraction of sp³-hybridized carbons (Fsp3) is 0.444. The first kappa shape index (κ1) is 10.4. The maximum Gasteiger partial charge on any atom is 0.433 e. The minimum atomic E-state index is -0.636. The number of rotatable bonds is 5. The van der Waals surface area contributed by atoms with Gasteiger partial charge in [-0.1, -0.05) is 13.3 Å². The lowest BCUT2D eigenvalue weighted by Crippen LogP contribution is -1.86. The lowest BCUT2D eigenvalue weighted by molar-refractivity contribution is -0.402. The van der Waals surface area contributed by atoms with Crippen LogP contribution in [0.15, 0.2) is 10.5 Å². The molecule has 0 aliphatic rings. The monoisotopic (exact) mass is 197 g/mol. The summed E-state index contributed by atoms with van der Waals surface area (Å²) in [5.74, 6) is -0.289.